The summed E-state index contributed by atoms with van der Waals surface area (Å²) in [7, 11) is 1.65. The lowest BCUT2D eigenvalue weighted by atomic mass is 9.88. The van der Waals surface area contributed by atoms with Gasteiger partial charge in [0.2, 0.25) is 5.91 Å². The van der Waals surface area contributed by atoms with Crippen molar-refractivity contribution >= 4 is 17.6 Å². The highest BCUT2D eigenvalue weighted by Crippen LogP contribution is 2.30. The normalized spacial score (nSPS) is 21.1. The van der Waals surface area contributed by atoms with Crippen LogP contribution >= 0.6 is 0 Å². The van der Waals surface area contributed by atoms with E-state index in [0.29, 0.717) is 31.8 Å². The maximum atomic E-state index is 13.1. The molecule has 2 aliphatic heterocycles. The lowest BCUT2D eigenvalue weighted by Crippen LogP contribution is -2.49. The molecule has 0 spiro atoms. The van der Waals surface area contributed by atoms with Crippen LogP contribution in [0.2, 0.25) is 0 Å². The van der Waals surface area contributed by atoms with E-state index in [2.05, 4.69) is 30.1 Å². The number of aromatic nitrogens is 1. The molecule has 0 aliphatic carbocycles. The lowest BCUT2D eigenvalue weighted by molar-refractivity contribution is -0.120. The van der Waals surface area contributed by atoms with Gasteiger partial charge in [-0.2, -0.15) is 0 Å². The number of carbonyl (C=O) groups excluding carboxylic acids is 2. The Kier molecular flexibility index (Phi) is 6.46. The number of ether oxygens (including phenoxy) is 1. The Bertz CT molecular complexity index is 997. The van der Waals surface area contributed by atoms with Gasteiger partial charge in [-0.25, -0.2) is 4.98 Å². The van der Waals surface area contributed by atoms with Gasteiger partial charge >= 0.3 is 0 Å². The standard InChI is InChI=1S/C25H32N4O3/c1-16-13-17(2)23(27-18(16)3)28-9-11-29(12-10-28)25(31)20-7-5-19(6-8-20)22-21(15-32-4)14-26-24(22)30/h5-8,13,21-22H,9-12,14-15H2,1-4H3,(H,26,30)/t21?,22-/m0/s1. The monoisotopic (exact) mass is 436 g/mol. The van der Waals surface area contributed by atoms with E-state index in [9.17, 15) is 9.59 Å². The molecule has 0 saturated carbocycles. The van der Waals surface area contributed by atoms with E-state index in [1.54, 1.807) is 7.11 Å². The van der Waals surface area contributed by atoms with E-state index in [-0.39, 0.29) is 23.7 Å². The predicted molar refractivity (Wildman–Crippen MR) is 124 cm³/mol. The van der Waals surface area contributed by atoms with E-state index in [4.69, 9.17) is 9.72 Å². The van der Waals surface area contributed by atoms with Gasteiger partial charge in [0.05, 0.1) is 12.5 Å². The van der Waals surface area contributed by atoms with Crippen LogP contribution in [0.1, 0.15) is 38.7 Å². The van der Waals surface area contributed by atoms with Crippen LogP contribution in [0.3, 0.4) is 0 Å². The third kappa shape index (κ3) is 4.35. The van der Waals surface area contributed by atoms with Crippen LogP contribution in [0.5, 0.6) is 0 Å². The summed E-state index contributed by atoms with van der Waals surface area (Å²) in [4.78, 5) is 34.3. The quantitative estimate of drug-likeness (QED) is 0.779. The van der Waals surface area contributed by atoms with Crippen LogP contribution in [0, 0.1) is 26.7 Å². The molecule has 1 N–H and O–H groups in total. The minimum Gasteiger partial charge on any atom is -0.384 e. The average molecular weight is 437 g/mol. The number of nitrogens with zero attached hydrogens (tertiary/aromatic N) is 3. The number of anilines is 1. The zero-order valence-electron chi connectivity index (χ0n) is 19.4. The fourth-order valence-corrected chi connectivity index (χ4v) is 4.75. The molecule has 0 radical (unpaired) electrons. The zero-order valence-corrected chi connectivity index (χ0v) is 19.4. The van der Waals surface area contributed by atoms with Gasteiger partial charge in [-0.15, -0.1) is 0 Å². The Morgan fingerprint density at radius 3 is 2.44 bits per heavy atom. The molecule has 2 aliphatic rings. The van der Waals surface area contributed by atoms with E-state index in [0.717, 1.165) is 30.2 Å². The first kappa shape index (κ1) is 22.3. The van der Waals surface area contributed by atoms with Crippen molar-refractivity contribution in [3.8, 4) is 0 Å². The van der Waals surface area contributed by atoms with E-state index >= 15 is 0 Å². The van der Waals surface area contributed by atoms with Crippen molar-refractivity contribution < 1.29 is 14.3 Å². The van der Waals surface area contributed by atoms with Crippen molar-refractivity contribution in [3.63, 3.8) is 0 Å². The molecule has 2 fully saturated rings. The van der Waals surface area contributed by atoms with Gasteiger partial charge in [0.25, 0.3) is 5.91 Å². The maximum Gasteiger partial charge on any atom is 0.253 e. The highest BCUT2D eigenvalue weighted by atomic mass is 16.5. The average Bonchev–Trinajstić information content (AvgIpc) is 3.16. The number of pyridine rings is 1. The van der Waals surface area contributed by atoms with E-state index < -0.39 is 0 Å². The molecule has 7 heteroatoms. The zero-order chi connectivity index (χ0) is 22.8. The molecule has 1 aromatic carbocycles. The molecular formula is C25H32N4O3. The molecule has 3 heterocycles. The maximum absolute atomic E-state index is 13.1. The summed E-state index contributed by atoms with van der Waals surface area (Å²) in [6, 6.07) is 9.68. The largest absolute Gasteiger partial charge is 0.384 e. The van der Waals surface area contributed by atoms with Gasteiger partial charge < -0.3 is 19.9 Å². The van der Waals surface area contributed by atoms with Gasteiger partial charge in [0, 0.05) is 57.0 Å². The second-order valence-corrected chi connectivity index (χ2v) is 8.87. The second kappa shape index (κ2) is 9.28. The van der Waals surface area contributed by atoms with Crippen molar-refractivity contribution in [1.82, 2.24) is 15.2 Å². The first-order valence-corrected chi connectivity index (χ1v) is 11.2. The van der Waals surface area contributed by atoms with Crippen molar-refractivity contribution in [2.45, 2.75) is 26.7 Å². The van der Waals surface area contributed by atoms with Crippen LogP contribution in [0.15, 0.2) is 30.3 Å². The number of piperazine rings is 1. The topological polar surface area (TPSA) is 74.8 Å². The molecule has 4 rings (SSSR count). The summed E-state index contributed by atoms with van der Waals surface area (Å²) in [5.41, 5.74) is 5.01. The number of hydrogen-bond donors (Lipinski definition) is 1. The number of amides is 2. The van der Waals surface area contributed by atoms with Gasteiger partial charge in [-0.3, -0.25) is 9.59 Å². The molecule has 0 bridgehead atoms. The molecule has 170 valence electrons. The van der Waals surface area contributed by atoms with E-state index in [1.165, 1.54) is 11.1 Å². The molecular weight excluding hydrogens is 404 g/mol. The molecule has 7 nitrogen and oxygen atoms in total. The van der Waals surface area contributed by atoms with Crippen molar-refractivity contribution in [2.75, 3.05) is 51.3 Å². The van der Waals surface area contributed by atoms with Gasteiger partial charge in [-0.05, 0) is 49.6 Å². The molecule has 2 atom stereocenters. The van der Waals surface area contributed by atoms with Crippen LogP contribution in [-0.2, 0) is 9.53 Å². The van der Waals surface area contributed by atoms with Gasteiger partial charge in [0.15, 0.2) is 0 Å². The smallest absolute Gasteiger partial charge is 0.253 e. The Balaban J connectivity index is 1.40. The second-order valence-electron chi connectivity index (χ2n) is 8.87. The minimum absolute atomic E-state index is 0.0255. The summed E-state index contributed by atoms with van der Waals surface area (Å²) in [5.74, 6) is 0.966. The minimum atomic E-state index is -0.226. The SMILES string of the molecule is COCC1CNC(=O)[C@H]1c1ccc(C(=O)N2CCN(c3nc(C)c(C)cc3C)CC2)cc1. The highest BCUT2D eigenvalue weighted by molar-refractivity contribution is 5.94. The van der Waals surface area contributed by atoms with Gasteiger partial charge in [0.1, 0.15) is 5.82 Å². The number of aryl methyl sites for hydroxylation is 3. The van der Waals surface area contributed by atoms with Crippen LogP contribution in [-0.4, -0.2) is 68.1 Å². The molecule has 2 amide bonds. The number of nitrogens with one attached hydrogen (secondary N) is 1. The fraction of sp³-hybridized carbons (Fsp3) is 0.480. The molecule has 2 saturated heterocycles. The third-order valence-electron chi connectivity index (χ3n) is 6.69. The van der Waals surface area contributed by atoms with Crippen LogP contribution in [0.25, 0.3) is 0 Å². The Morgan fingerprint density at radius 2 is 1.78 bits per heavy atom. The van der Waals surface area contributed by atoms with Crippen LogP contribution < -0.4 is 10.2 Å². The summed E-state index contributed by atoms with van der Waals surface area (Å²) < 4.78 is 5.27. The summed E-state index contributed by atoms with van der Waals surface area (Å²) in [6.07, 6.45) is 0. The number of rotatable bonds is 5. The van der Waals surface area contributed by atoms with Crippen molar-refractivity contribution in [3.05, 3.63) is 58.3 Å². The lowest BCUT2D eigenvalue weighted by Gasteiger charge is -2.36. The first-order chi connectivity index (χ1) is 15.4. The molecule has 2 aromatic rings. The molecule has 1 unspecified atom stereocenters. The summed E-state index contributed by atoms with van der Waals surface area (Å²) >= 11 is 0. The number of hydrogen-bond acceptors (Lipinski definition) is 5. The highest BCUT2D eigenvalue weighted by Gasteiger charge is 2.36. The number of carbonyl (C=O) groups is 2. The van der Waals surface area contributed by atoms with Crippen LogP contribution in [0.4, 0.5) is 5.82 Å². The number of methoxy groups -OCH3 is 1. The Labute approximate surface area is 189 Å². The molecule has 1 aromatic heterocycles. The Hall–Kier alpha value is -2.93. The summed E-state index contributed by atoms with van der Waals surface area (Å²) in [5, 5.41) is 2.92. The number of benzene rings is 1. The first-order valence-electron chi connectivity index (χ1n) is 11.2. The van der Waals surface area contributed by atoms with Crippen molar-refractivity contribution in [2.24, 2.45) is 5.92 Å². The fourth-order valence-electron chi connectivity index (χ4n) is 4.75. The third-order valence-corrected chi connectivity index (χ3v) is 6.69. The van der Waals surface area contributed by atoms with E-state index in [1.807, 2.05) is 36.1 Å². The Morgan fingerprint density at radius 1 is 1.09 bits per heavy atom. The van der Waals surface area contributed by atoms with Gasteiger partial charge in [-0.1, -0.05) is 18.2 Å². The predicted octanol–water partition coefficient (Wildman–Crippen LogP) is 2.45. The molecule has 32 heavy (non-hydrogen) atoms. The van der Waals surface area contributed by atoms with Crippen molar-refractivity contribution in [1.29, 1.82) is 0 Å². The summed E-state index contributed by atoms with van der Waals surface area (Å²) in [6.45, 7) is 10.2.